The molecule has 0 aliphatic carbocycles. The molecule has 0 saturated carbocycles. The molecular weight excluding hydrogens is 295 g/mol. The van der Waals surface area contributed by atoms with Crippen LogP contribution in [0.5, 0.6) is 0 Å². The molecule has 0 unspecified atom stereocenters. The van der Waals surface area contributed by atoms with Crippen LogP contribution in [0.15, 0.2) is 0 Å². The summed E-state index contributed by atoms with van der Waals surface area (Å²) in [6.07, 6.45) is 0. The van der Waals surface area contributed by atoms with Crippen LogP contribution in [0.25, 0.3) is 0 Å². The van der Waals surface area contributed by atoms with E-state index in [0.717, 1.165) is 0 Å². The zero-order valence-electron chi connectivity index (χ0n) is 3.01. The van der Waals surface area contributed by atoms with Gasteiger partial charge in [0.2, 0.25) is 0 Å². The smallest absolute Gasteiger partial charge is 0.466 e. The summed E-state index contributed by atoms with van der Waals surface area (Å²) in [7, 11) is -4.64. The van der Waals surface area contributed by atoms with Crippen LogP contribution in [0.1, 0.15) is 0 Å². The number of hydrogen-bond donors (Lipinski definition) is 3. The van der Waals surface area contributed by atoms with E-state index in [9.17, 15) is 0 Å². The molecule has 5 nitrogen and oxygen atoms in total. The first-order valence-corrected chi connectivity index (χ1v) is 2.35. The summed E-state index contributed by atoms with van der Waals surface area (Å²) in [5.41, 5.74) is 0. The van der Waals surface area contributed by atoms with Crippen molar-refractivity contribution in [2.45, 2.75) is 0 Å². The van der Waals surface area contributed by atoms with E-state index in [1.165, 1.54) is 0 Å². The zero-order valence-corrected chi connectivity index (χ0v) is 6.84. The molecule has 0 radical (unpaired) electrons. The third kappa shape index (κ3) is 266. The van der Waals surface area contributed by atoms with Gasteiger partial charge in [0.25, 0.3) is 0 Å². The Hall–Kier alpha value is 0.758. The van der Waals surface area contributed by atoms with Gasteiger partial charge in [-0.25, -0.2) is 4.57 Å². The second kappa shape index (κ2) is 4.91. The average molecular weight is 298 g/mol. The van der Waals surface area contributed by atoms with Crippen LogP contribution in [0.2, 0.25) is 0 Å². The maximum atomic E-state index is 8.88. The normalized spacial score (nSPS) is 8.43. The maximum absolute atomic E-state index is 8.88. The van der Waals surface area contributed by atoms with Crippen LogP contribution >= 0.6 is 7.82 Å². The van der Waals surface area contributed by atoms with Crippen LogP contribution in [-0.4, -0.2) is 14.7 Å². The van der Waals surface area contributed by atoms with Crippen LogP contribution in [0, 0.1) is 0 Å². The van der Waals surface area contributed by atoms with Crippen LogP contribution in [0.4, 0.5) is 0 Å². The maximum Gasteiger partial charge on any atom is 0.466 e. The van der Waals surface area contributed by atoms with Gasteiger partial charge in [0.1, 0.15) is 0 Å². The fraction of sp³-hybridized carbons (Fsp3) is 0. The van der Waals surface area contributed by atoms with Gasteiger partial charge < -0.3 is 20.2 Å². The van der Waals surface area contributed by atoms with Crippen molar-refractivity contribution < 1.29 is 45.8 Å². The predicted molar refractivity (Wildman–Crippen MR) is 14.9 cm³/mol. The summed E-state index contributed by atoms with van der Waals surface area (Å²) in [6.45, 7) is 0. The number of hydrogen-bond acceptors (Lipinski definition) is 1. The van der Waals surface area contributed by atoms with E-state index in [-0.39, 0.29) is 26.5 Å². The molecule has 46 valence electrons. The van der Waals surface area contributed by atoms with Gasteiger partial charge in [-0.05, 0) is 0 Å². The van der Waals surface area contributed by atoms with E-state index < -0.39 is 7.82 Å². The molecule has 0 aliphatic heterocycles. The van der Waals surface area contributed by atoms with Crippen molar-refractivity contribution in [3.63, 3.8) is 0 Å². The summed E-state index contributed by atoms with van der Waals surface area (Å²) in [5, 5.41) is 0. The SMILES string of the molecule is O=P(O)(O)O.[O-2].[W]. The molecule has 0 fully saturated rings. The fourth-order valence-electron chi connectivity index (χ4n) is 0. The first kappa shape index (κ1) is 15.7. The Morgan fingerprint density at radius 3 is 1.14 bits per heavy atom. The molecule has 0 aromatic rings. The van der Waals surface area contributed by atoms with Crippen LogP contribution in [0.3, 0.4) is 0 Å². The minimum absolute atomic E-state index is 0. The van der Waals surface area contributed by atoms with Crippen molar-refractivity contribution in [1.82, 2.24) is 0 Å². The minimum atomic E-state index is -4.64. The van der Waals surface area contributed by atoms with Gasteiger partial charge in [-0.15, -0.1) is 0 Å². The Kier molecular flexibility index (Phi) is 11.0. The first-order valence-electron chi connectivity index (χ1n) is 0.783. The molecular formula is H3O5PW-2. The molecule has 0 rings (SSSR count). The Morgan fingerprint density at radius 1 is 1.14 bits per heavy atom. The molecule has 7 heavy (non-hydrogen) atoms. The Bertz CT molecular complexity index is 54.2. The van der Waals surface area contributed by atoms with Crippen molar-refractivity contribution in [3.05, 3.63) is 0 Å². The fourth-order valence-corrected chi connectivity index (χ4v) is 0. The van der Waals surface area contributed by atoms with Gasteiger partial charge in [-0.1, -0.05) is 0 Å². The average Bonchev–Trinajstić information content (AvgIpc) is 0.722. The van der Waals surface area contributed by atoms with Gasteiger partial charge in [0.15, 0.2) is 0 Å². The van der Waals surface area contributed by atoms with E-state index in [1.807, 2.05) is 0 Å². The molecule has 0 spiro atoms. The van der Waals surface area contributed by atoms with E-state index in [4.69, 9.17) is 19.2 Å². The second-order valence-electron chi connectivity index (χ2n) is 0.513. The van der Waals surface area contributed by atoms with Crippen molar-refractivity contribution >= 4 is 7.82 Å². The Labute approximate surface area is 54.2 Å². The van der Waals surface area contributed by atoms with Gasteiger partial charge in [0, 0.05) is 21.1 Å². The topological polar surface area (TPSA) is 106 Å². The molecule has 0 aliphatic rings. The molecule has 0 amide bonds. The molecule has 0 aromatic carbocycles. The largest absolute Gasteiger partial charge is 2.00 e. The molecule has 0 heterocycles. The molecule has 3 N–H and O–H groups in total. The standard InChI is InChI=1S/H3O4P.O.W/c1-5(2,3)4;;/h(H3,1,2,3,4);;/q;-2;. The van der Waals surface area contributed by atoms with Crippen molar-refractivity contribution in [2.75, 3.05) is 0 Å². The summed E-state index contributed by atoms with van der Waals surface area (Å²) < 4.78 is 8.88. The quantitative estimate of drug-likeness (QED) is 0.496. The number of rotatable bonds is 0. The minimum Gasteiger partial charge on any atom is -2.00 e. The molecule has 0 atom stereocenters. The van der Waals surface area contributed by atoms with Gasteiger partial charge in [0.05, 0.1) is 0 Å². The van der Waals surface area contributed by atoms with Crippen LogP contribution in [-0.2, 0) is 31.1 Å². The predicted octanol–water partition coefficient (Wildman–Crippen LogP) is -1.05. The van der Waals surface area contributed by atoms with E-state index in [0.29, 0.717) is 0 Å². The van der Waals surface area contributed by atoms with Gasteiger partial charge >= 0.3 is 7.82 Å². The van der Waals surface area contributed by atoms with Crippen molar-refractivity contribution in [2.24, 2.45) is 0 Å². The van der Waals surface area contributed by atoms with Gasteiger partial charge in [-0.2, -0.15) is 0 Å². The van der Waals surface area contributed by atoms with E-state index in [1.54, 1.807) is 0 Å². The third-order valence-electron chi connectivity index (χ3n) is 0. The molecule has 0 saturated heterocycles. The van der Waals surface area contributed by atoms with E-state index in [2.05, 4.69) is 0 Å². The van der Waals surface area contributed by atoms with Crippen LogP contribution < -0.4 is 0 Å². The summed E-state index contributed by atoms with van der Waals surface area (Å²) in [4.78, 5) is 21.6. The second-order valence-corrected chi connectivity index (χ2v) is 1.54. The van der Waals surface area contributed by atoms with Crippen molar-refractivity contribution in [1.29, 1.82) is 0 Å². The molecule has 7 heteroatoms. The zero-order chi connectivity index (χ0) is 4.50. The number of phosphoric acid groups is 1. The Morgan fingerprint density at radius 2 is 1.14 bits per heavy atom. The monoisotopic (exact) mass is 298 g/mol. The Balaban J connectivity index is -0.0000000800. The summed E-state index contributed by atoms with van der Waals surface area (Å²) in [5.74, 6) is 0. The van der Waals surface area contributed by atoms with Crippen molar-refractivity contribution in [3.8, 4) is 0 Å². The third-order valence-corrected chi connectivity index (χ3v) is 0. The summed E-state index contributed by atoms with van der Waals surface area (Å²) in [6, 6.07) is 0. The first-order chi connectivity index (χ1) is 2.00. The van der Waals surface area contributed by atoms with Gasteiger partial charge in [-0.3, -0.25) is 0 Å². The summed E-state index contributed by atoms with van der Waals surface area (Å²) >= 11 is 0. The molecule has 0 aromatic heterocycles. The van der Waals surface area contributed by atoms with E-state index >= 15 is 0 Å². The molecule has 0 bridgehead atoms.